The van der Waals surface area contributed by atoms with Crippen LogP contribution in [0.15, 0.2) is 200 Å². The van der Waals surface area contributed by atoms with Crippen molar-refractivity contribution >= 4 is 0 Å². The van der Waals surface area contributed by atoms with Crippen molar-refractivity contribution in [1.82, 2.24) is 15.0 Å². The van der Waals surface area contributed by atoms with Gasteiger partial charge in [0, 0.05) is 16.7 Å². The zero-order valence-electron chi connectivity index (χ0n) is 30.1. The molecule has 1 aromatic heterocycles. The van der Waals surface area contributed by atoms with E-state index in [-0.39, 0.29) is 0 Å². The van der Waals surface area contributed by atoms with Crippen LogP contribution in [0.3, 0.4) is 0 Å². The van der Waals surface area contributed by atoms with Gasteiger partial charge in [-0.3, -0.25) is 0 Å². The molecule has 1 heterocycles. The molecule has 0 bridgehead atoms. The molecule has 0 saturated carbocycles. The van der Waals surface area contributed by atoms with Crippen molar-refractivity contribution in [2.45, 2.75) is 6.42 Å². The Morgan fingerprint density at radius 3 is 1.38 bits per heavy atom. The van der Waals surface area contributed by atoms with Gasteiger partial charge in [-0.2, -0.15) is 0 Å². The van der Waals surface area contributed by atoms with E-state index in [0.29, 0.717) is 17.5 Å². The van der Waals surface area contributed by atoms with Gasteiger partial charge < -0.3 is 0 Å². The molecule has 0 fully saturated rings. The number of hydrogen-bond acceptors (Lipinski definition) is 3. The number of hydrogen-bond donors (Lipinski definition) is 0. The predicted octanol–water partition coefficient (Wildman–Crippen LogP) is 13.1. The molecule has 0 unspecified atom stereocenters. The highest BCUT2D eigenvalue weighted by atomic mass is 15.0. The van der Waals surface area contributed by atoms with Crippen molar-refractivity contribution in [3.8, 4) is 89.8 Å². The van der Waals surface area contributed by atoms with E-state index < -0.39 is 0 Å². The van der Waals surface area contributed by atoms with E-state index in [1.54, 1.807) is 0 Å². The maximum Gasteiger partial charge on any atom is 0.164 e. The lowest BCUT2D eigenvalue weighted by molar-refractivity contribution is 1.07. The minimum absolute atomic E-state index is 0.633. The summed E-state index contributed by atoms with van der Waals surface area (Å²) in [5, 5.41) is 0. The van der Waals surface area contributed by atoms with E-state index in [4.69, 9.17) is 15.0 Å². The zero-order valence-corrected chi connectivity index (χ0v) is 30.1. The van der Waals surface area contributed by atoms with E-state index in [1.165, 1.54) is 38.9 Å². The summed E-state index contributed by atoms with van der Waals surface area (Å²) >= 11 is 0. The van der Waals surface area contributed by atoms with Gasteiger partial charge in [-0.05, 0) is 97.4 Å². The van der Waals surface area contributed by atoms with Crippen molar-refractivity contribution in [2.75, 3.05) is 0 Å². The Kier molecular flexibility index (Phi) is 8.23. The minimum Gasteiger partial charge on any atom is -0.208 e. The van der Waals surface area contributed by atoms with Gasteiger partial charge in [0.1, 0.15) is 0 Å². The van der Waals surface area contributed by atoms with Crippen molar-refractivity contribution in [2.24, 2.45) is 0 Å². The molecule has 0 aliphatic heterocycles. The lowest BCUT2D eigenvalue weighted by Crippen LogP contribution is -2.01. The van der Waals surface area contributed by atoms with Crippen LogP contribution in [-0.4, -0.2) is 15.0 Å². The first kappa shape index (κ1) is 32.4. The number of rotatable bonds is 7. The average molecular weight is 702 g/mol. The summed E-state index contributed by atoms with van der Waals surface area (Å²) in [6, 6.07) is 70.8. The smallest absolute Gasteiger partial charge is 0.164 e. The number of benzene rings is 8. The quantitative estimate of drug-likeness (QED) is 0.166. The maximum absolute atomic E-state index is 5.24. The molecular weight excluding hydrogens is 667 g/mol. The third kappa shape index (κ3) is 6.32. The van der Waals surface area contributed by atoms with E-state index >= 15 is 0 Å². The molecule has 55 heavy (non-hydrogen) atoms. The Hall–Kier alpha value is -7.23. The third-order valence-corrected chi connectivity index (χ3v) is 10.6. The Labute approximate surface area is 321 Å². The van der Waals surface area contributed by atoms with Gasteiger partial charge in [0.25, 0.3) is 0 Å². The summed E-state index contributed by atoms with van der Waals surface area (Å²) in [7, 11) is 0. The summed E-state index contributed by atoms with van der Waals surface area (Å²) in [6.45, 7) is 0. The molecule has 3 nitrogen and oxygen atoms in total. The monoisotopic (exact) mass is 701 g/mol. The second-order valence-electron chi connectivity index (χ2n) is 14.0. The van der Waals surface area contributed by atoms with Gasteiger partial charge in [-0.25, -0.2) is 15.0 Å². The van der Waals surface area contributed by atoms with Crippen molar-refractivity contribution < 1.29 is 0 Å². The standard InChI is InChI=1S/C52H35N3/c1-4-14-35(15-5-1)37-26-28-38(29-27-37)43-31-44(47-24-13-25-48-46-23-11-10-20-41(46)34-49(47)48)33-45(32-43)52-54-50(39-18-8-3-9-19-39)53-51(55-52)42-22-12-21-40(30-42)36-16-6-2-7-17-36/h1-33H,34H2. The molecule has 0 N–H and O–H groups in total. The number of aromatic nitrogens is 3. The molecule has 1 aliphatic carbocycles. The van der Waals surface area contributed by atoms with Crippen LogP contribution < -0.4 is 0 Å². The van der Waals surface area contributed by atoms with E-state index in [0.717, 1.165) is 50.9 Å². The van der Waals surface area contributed by atoms with Crippen LogP contribution in [-0.2, 0) is 6.42 Å². The van der Waals surface area contributed by atoms with Crippen LogP contribution >= 0.6 is 0 Å². The van der Waals surface area contributed by atoms with Gasteiger partial charge in [0.2, 0.25) is 0 Å². The lowest BCUT2D eigenvalue weighted by Gasteiger charge is -2.15. The molecule has 3 heteroatoms. The summed E-state index contributed by atoms with van der Waals surface area (Å²) in [6.07, 6.45) is 0.902. The second-order valence-corrected chi connectivity index (χ2v) is 14.0. The van der Waals surface area contributed by atoms with Crippen molar-refractivity contribution in [1.29, 1.82) is 0 Å². The van der Waals surface area contributed by atoms with E-state index in [2.05, 4.69) is 176 Å². The number of nitrogens with zero attached hydrogens (tertiary/aromatic N) is 3. The summed E-state index contributed by atoms with van der Waals surface area (Å²) in [4.78, 5) is 15.5. The van der Waals surface area contributed by atoms with Crippen LogP contribution in [0.4, 0.5) is 0 Å². The topological polar surface area (TPSA) is 38.7 Å². The van der Waals surface area contributed by atoms with Gasteiger partial charge >= 0.3 is 0 Å². The average Bonchev–Trinajstić information content (AvgIpc) is 3.66. The fourth-order valence-corrected chi connectivity index (χ4v) is 7.81. The van der Waals surface area contributed by atoms with Gasteiger partial charge in [0.05, 0.1) is 0 Å². The first-order valence-corrected chi connectivity index (χ1v) is 18.7. The Bertz CT molecular complexity index is 2810. The van der Waals surface area contributed by atoms with Crippen molar-refractivity contribution in [3.63, 3.8) is 0 Å². The highest BCUT2D eigenvalue weighted by molar-refractivity contribution is 5.88. The van der Waals surface area contributed by atoms with Crippen LogP contribution in [0.5, 0.6) is 0 Å². The minimum atomic E-state index is 0.633. The number of fused-ring (bicyclic) bond motifs is 3. The van der Waals surface area contributed by atoms with Crippen LogP contribution in [0.25, 0.3) is 89.8 Å². The fraction of sp³-hybridized carbons (Fsp3) is 0.0192. The van der Waals surface area contributed by atoms with Crippen molar-refractivity contribution in [3.05, 3.63) is 211 Å². The SMILES string of the molecule is c1ccc(-c2ccc(-c3cc(-c4nc(-c5ccccc5)nc(-c5cccc(-c6ccccc6)c5)n4)cc(-c4cccc5c4Cc4ccccc4-5)c3)cc2)cc1. The lowest BCUT2D eigenvalue weighted by atomic mass is 9.91. The molecule has 9 aromatic rings. The molecule has 10 rings (SSSR count). The first-order chi connectivity index (χ1) is 27.2. The van der Waals surface area contributed by atoms with Gasteiger partial charge in [-0.15, -0.1) is 0 Å². The largest absolute Gasteiger partial charge is 0.208 e. The zero-order chi connectivity index (χ0) is 36.6. The summed E-state index contributed by atoms with van der Waals surface area (Å²) in [5.74, 6) is 1.91. The van der Waals surface area contributed by atoms with Crippen LogP contribution in [0.1, 0.15) is 11.1 Å². The van der Waals surface area contributed by atoms with Gasteiger partial charge in [0.15, 0.2) is 17.5 Å². The molecule has 0 atom stereocenters. The molecular formula is C52H35N3. The highest BCUT2D eigenvalue weighted by Gasteiger charge is 2.22. The van der Waals surface area contributed by atoms with E-state index in [1.807, 2.05) is 24.3 Å². The van der Waals surface area contributed by atoms with Crippen LogP contribution in [0, 0.1) is 0 Å². The van der Waals surface area contributed by atoms with E-state index in [9.17, 15) is 0 Å². The Morgan fingerprint density at radius 2 is 0.673 bits per heavy atom. The molecule has 0 amide bonds. The molecule has 8 aromatic carbocycles. The second kappa shape index (κ2) is 14.0. The third-order valence-electron chi connectivity index (χ3n) is 10.6. The fourth-order valence-electron chi connectivity index (χ4n) is 7.81. The molecule has 1 aliphatic rings. The normalized spacial score (nSPS) is 11.6. The maximum atomic E-state index is 5.24. The molecule has 0 saturated heterocycles. The highest BCUT2D eigenvalue weighted by Crippen LogP contribution is 2.43. The van der Waals surface area contributed by atoms with Gasteiger partial charge in [-0.1, -0.05) is 176 Å². The van der Waals surface area contributed by atoms with Crippen LogP contribution in [0.2, 0.25) is 0 Å². The Balaban J connectivity index is 1.16. The summed E-state index contributed by atoms with van der Waals surface area (Å²) < 4.78 is 0. The first-order valence-electron chi connectivity index (χ1n) is 18.7. The molecule has 0 radical (unpaired) electrons. The summed E-state index contributed by atoms with van der Waals surface area (Å²) in [5.41, 5.74) is 17.4. The predicted molar refractivity (Wildman–Crippen MR) is 226 cm³/mol. The Morgan fingerprint density at radius 1 is 0.255 bits per heavy atom. The molecule has 258 valence electrons. The molecule has 0 spiro atoms.